The van der Waals surface area contributed by atoms with Crippen LogP contribution in [0.3, 0.4) is 0 Å². The zero-order chi connectivity index (χ0) is 52.2. The van der Waals surface area contributed by atoms with Gasteiger partial charge in [0.25, 0.3) is 0 Å². The van der Waals surface area contributed by atoms with Gasteiger partial charge in [0, 0.05) is 12.8 Å². The number of esters is 3. The van der Waals surface area contributed by atoms with Gasteiger partial charge in [-0.25, -0.2) is 0 Å². The van der Waals surface area contributed by atoms with Gasteiger partial charge in [-0.2, -0.15) is 0 Å². The fraction of sp³-hybridized carbons (Fsp3) is 0.773. The van der Waals surface area contributed by atoms with Crippen molar-refractivity contribution in [2.75, 3.05) is 13.2 Å². The van der Waals surface area contributed by atoms with Crippen molar-refractivity contribution in [1.82, 2.24) is 0 Å². The summed E-state index contributed by atoms with van der Waals surface area (Å²) in [7, 11) is 0. The Kier molecular flexibility index (Phi) is 57.8. The molecule has 0 N–H and O–H groups in total. The number of unbranched alkanes of at least 4 members (excludes halogenated alkanes) is 34. The highest BCUT2D eigenvalue weighted by Gasteiger charge is 2.19. The molecule has 0 bridgehead atoms. The minimum absolute atomic E-state index is 0.100. The Morgan fingerprint density at radius 1 is 0.306 bits per heavy atom. The summed E-state index contributed by atoms with van der Waals surface area (Å²) in [6.07, 6.45) is 78.0. The molecule has 1 atom stereocenters. The van der Waals surface area contributed by atoms with Crippen molar-refractivity contribution >= 4 is 17.9 Å². The van der Waals surface area contributed by atoms with E-state index in [1.54, 1.807) is 6.08 Å². The van der Waals surface area contributed by atoms with E-state index in [0.29, 0.717) is 12.8 Å². The Hall–Kier alpha value is -3.15. The minimum atomic E-state index is -0.827. The van der Waals surface area contributed by atoms with Crippen LogP contribution in [0.5, 0.6) is 0 Å². The Labute approximate surface area is 446 Å². The lowest BCUT2D eigenvalue weighted by atomic mass is 10.0. The van der Waals surface area contributed by atoms with Gasteiger partial charge < -0.3 is 14.2 Å². The Morgan fingerprint density at radius 2 is 0.583 bits per heavy atom. The standard InChI is InChI=1S/C66H116O6/c1-4-7-10-13-16-19-22-25-27-28-29-30-31-32-33-34-35-36-37-38-40-41-44-47-50-53-56-59-65(68)71-62-63(61-70-64(67)58-55-52-49-46-43-24-21-18-15-12-9-6-3)72-66(69)60-57-54-51-48-45-42-39-26-23-20-17-14-11-8-5-2/h8,11,17,20,26,28-29,39,45,48,54,57,63H,4-7,9-10,12-16,18-19,21-25,27,30-38,40-44,46-47,49-53,55-56,58-62H2,1-3H3/b11-8-,20-17-,29-28-,39-26-,48-45-,57-54-. The Bertz CT molecular complexity index is 1340. The molecule has 0 saturated carbocycles. The Balaban J connectivity index is 4.26. The van der Waals surface area contributed by atoms with Crippen molar-refractivity contribution in [3.63, 3.8) is 0 Å². The fourth-order valence-electron chi connectivity index (χ4n) is 8.87. The maximum absolute atomic E-state index is 12.8. The largest absolute Gasteiger partial charge is 0.462 e. The number of hydrogen-bond acceptors (Lipinski definition) is 6. The van der Waals surface area contributed by atoms with Gasteiger partial charge in [0.1, 0.15) is 13.2 Å². The van der Waals surface area contributed by atoms with E-state index >= 15 is 0 Å². The number of carbonyl (C=O) groups is 3. The van der Waals surface area contributed by atoms with Crippen LogP contribution < -0.4 is 0 Å². The summed E-state index contributed by atoms with van der Waals surface area (Å²) >= 11 is 0. The molecule has 0 amide bonds. The van der Waals surface area contributed by atoms with Gasteiger partial charge in [0.2, 0.25) is 0 Å². The highest BCUT2D eigenvalue weighted by Crippen LogP contribution is 2.17. The second kappa shape index (κ2) is 60.4. The zero-order valence-electron chi connectivity index (χ0n) is 47.7. The second-order valence-corrected chi connectivity index (χ2v) is 20.6. The molecule has 0 aromatic rings. The third kappa shape index (κ3) is 57.7. The van der Waals surface area contributed by atoms with Crippen molar-refractivity contribution in [1.29, 1.82) is 0 Å². The van der Waals surface area contributed by atoms with Gasteiger partial charge in [0.15, 0.2) is 6.10 Å². The maximum Gasteiger partial charge on any atom is 0.310 e. The van der Waals surface area contributed by atoms with Gasteiger partial charge in [-0.15, -0.1) is 0 Å². The molecule has 0 aromatic heterocycles. The monoisotopic (exact) mass is 1000 g/mol. The van der Waals surface area contributed by atoms with E-state index in [0.717, 1.165) is 70.6 Å². The lowest BCUT2D eigenvalue weighted by Gasteiger charge is -2.18. The summed E-state index contributed by atoms with van der Waals surface area (Å²) in [5, 5.41) is 0. The molecular weight excluding hydrogens is 889 g/mol. The first-order valence-corrected chi connectivity index (χ1v) is 30.9. The fourth-order valence-corrected chi connectivity index (χ4v) is 8.87. The smallest absolute Gasteiger partial charge is 0.310 e. The molecule has 6 nitrogen and oxygen atoms in total. The lowest BCUT2D eigenvalue weighted by Crippen LogP contribution is -2.30. The summed E-state index contributed by atoms with van der Waals surface area (Å²) in [6.45, 7) is 6.47. The topological polar surface area (TPSA) is 78.9 Å². The Morgan fingerprint density at radius 3 is 0.903 bits per heavy atom. The number of rotatable bonds is 56. The molecule has 0 heterocycles. The van der Waals surface area contributed by atoms with Crippen LogP contribution in [0.4, 0.5) is 0 Å². The van der Waals surface area contributed by atoms with Crippen LogP contribution in [0, 0.1) is 0 Å². The van der Waals surface area contributed by atoms with Gasteiger partial charge in [-0.05, 0) is 70.6 Å². The molecule has 0 aliphatic rings. The van der Waals surface area contributed by atoms with Crippen LogP contribution in [0.25, 0.3) is 0 Å². The molecule has 0 saturated heterocycles. The van der Waals surface area contributed by atoms with E-state index in [-0.39, 0.29) is 31.6 Å². The quantitative estimate of drug-likeness (QED) is 0.0261. The molecule has 0 aromatic carbocycles. The normalized spacial score (nSPS) is 12.5. The lowest BCUT2D eigenvalue weighted by molar-refractivity contribution is -0.166. The molecule has 1 unspecified atom stereocenters. The zero-order valence-corrected chi connectivity index (χ0v) is 47.7. The third-order valence-corrected chi connectivity index (χ3v) is 13.5. The average molecular weight is 1010 g/mol. The van der Waals surface area contributed by atoms with Crippen LogP contribution in [0.1, 0.15) is 310 Å². The summed E-state index contributed by atoms with van der Waals surface area (Å²) in [4.78, 5) is 38.1. The first-order chi connectivity index (χ1) is 35.5. The summed E-state index contributed by atoms with van der Waals surface area (Å²) in [5.74, 6) is -1.03. The van der Waals surface area contributed by atoms with Crippen LogP contribution in [0.2, 0.25) is 0 Å². The van der Waals surface area contributed by atoms with Crippen molar-refractivity contribution in [2.24, 2.45) is 0 Å². The van der Waals surface area contributed by atoms with E-state index in [1.165, 1.54) is 199 Å². The van der Waals surface area contributed by atoms with E-state index in [9.17, 15) is 14.4 Å². The predicted molar refractivity (Wildman–Crippen MR) is 311 cm³/mol. The average Bonchev–Trinajstić information content (AvgIpc) is 3.38. The van der Waals surface area contributed by atoms with Gasteiger partial charge in [-0.1, -0.05) is 293 Å². The molecule has 72 heavy (non-hydrogen) atoms. The predicted octanol–water partition coefficient (Wildman–Crippen LogP) is 20.9. The molecular formula is C66H116O6. The van der Waals surface area contributed by atoms with E-state index in [1.807, 2.05) is 6.08 Å². The summed E-state index contributed by atoms with van der Waals surface area (Å²) in [5.41, 5.74) is 0. The van der Waals surface area contributed by atoms with Crippen molar-refractivity contribution in [3.05, 3.63) is 72.9 Å². The third-order valence-electron chi connectivity index (χ3n) is 13.5. The van der Waals surface area contributed by atoms with Crippen molar-refractivity contribution in [3.8, 4) is 0 Å². The van der Waals surface area contributed by atoms with Crippen molar-refractivity contribution in [2.45, 2.75) is 316 Å². The first kappa shape index (κ1) is 68.8. The highest BCUT2D eigenvalue weighted by atomic mass is 16.6. The van der Waals surface area contributed by atoms with Crippen LogP contribution in [-0.2, 0) is 28.6 Å². The maximum atomic E-state index is 12.8. The highest BCUT2D eigenvalue weighted by molar-refractivity contribution is 5.72. The van der Waals surface area contributed by atoms with E-state index in [2.05, 4.69) is 81.5 Å². The minimum Gasteiger partial charge on any atom is -0.462 e. The van der Waals surface area contributed by atoms with Gasteiger partial charge >= 0.3 is 17.9 Å². The number of ether oxygens (including phenoxy) is 3. The summed E-state index contributed by atoms with van der Waals surface area (Å²) < 4.78 is 16.8. The first-order valence-electron chi connectivity index (χ1n) is 30.9. The molecule has 0 fully saturated rings. The molecule has 0 radical (unpaired) electrons. The van der Waals surface area contributed by atoms with Gasteiger partial charge in [-0.3, -0.25) is 14.4 Å². The molecule has 0 rings (SSSR count). The van der Waals surface area contributed by atoms with Crippen molar-refractivity contribution < 1.29 is 28.6 Å². The number of allylic oxidation sites excluding steroid dienone is 11. The molecule has 0 spiro atoms. The van der Waals surface area contributed by atoms with E-state index < -0.39 is 12.1 Å². The van der Waals surface area contributed by atoms with Crippen LogP contribution in [0.15, 0.2) is 72.9 Å². The van der Waals surface area contributed by atoms with Crippen LogP contribution in [-0.4, -0.2) is 37.2 Å². The van der Waals surface area contributed by atoms with Crippen LogP contribution >= 0.6 is 0 Å². The summed E-state index contributed by atoms with van der Waals surface area (Å²) in [6, 6.07) is 0. The molecule has 6 heteroatoms. The molecule has 0 aliphatic carbocycles. The molecule has 416 valence electrons. The SMILES string of the molecule is CC/C=C\C/C=C\C/C=C\C/C=C\C/C=C\CC(=O)OC(COC(=O)CCCCCCCCCCCCCC)COC(=O)CCCCCCCCCCCCCCCCC/C=C\CCCCCCCCCC. The number of hydrogen-bond donors (Lipinski definition) is 0. The van der Waals surface area contributed by atoms with Gasteiger partial charge in [0.05, 0.1) is 6.42 Å². The van der Waals surface area contributed by atoms with E-state index in [4.69, 9.17) is 14.2 Å². The molecule has 0 aliphatic heterocycles. The number of carbonyl (C=O) groups excluding carboxylic acids is 3. The second-order valence-electron chi connectivity index (χ2n) is 20.6.